The van der Waals surface area contributed by atoms with E-state index < -0.39 is 0 Å². The number of rotatable bonds is 4. The minimum atomic E-state index is 0.567. The van der Waals surface area contributed by atoms with Gasteiger partial charge in [0, 0.05) is 15.8 Å². The van der Waals surface area contributed by atoms with Crippen molar-refractivity contribution in [1.82, 2.24) is 0 Å². The van der Waals surface area contributed by atoms with Crippen LogP contribution in [0.3, 0.4) is 0 Å². The third kappa shape index (κ3) is 4.44. The van der Waals surface area contributed by atoms with E-state index in [0.29, 0.717) is 5.11 Å². The second kappa shape index (κ2) is 7.43. The number of thiocarbonyl (C=S) groups is 1. The van der Waals surface area contributed by atoms with Gasteiger partial charge in [-0.15, -0.1) is 0 Å². The molecule has 0 aliphatic heterocycles. The van der Waals surface area contributed by atoms with Gasteiger partial charge in [0.25, 0.3) is 0 Å². The Morgan fingerprint density at radius 1 is 1.14 bits per heavy atom. The summed E-state index contributed by atoms with van der Waals surface area (Å²) in [5, 5.41) is 6.96. The van der Waals surface area contributed by atoms with Crippen LogP contribution in [0.2, 0.25) is 0 Å². The van der Waals surface area contributed by atoms with Crippen LogP contribution in [-0.4, -0.2) is 12.2 Å². The van der Waals surface area contributed by atoms with Crippen LogP contribution < -0.4 is 15.4 Å². The topological polar surface area (TPSA) is 33.3 Å². The van der Waals surface area contributed by atoms with Gasteiger partial charge in [-0.05, 0) is 66.7 Å². The fraction of sp³-hybridized carbons (Fsp3) is 0.188. The fourth-order valence-corrected chi connectivity index (χ4v) is 2.57. The van der Waals surface area contributed by atoms with Crippen LogP contribution >= 0.6 is 28.1 Å². The van der Waals surface area contributed by atoms with E-state index in [1.807, 2.05) is 36.4 Å². The minimum absolute atomic E-state index is 0.567. The van der Waals surface area contributed by atoms with Crippen LogP contribution in [-0.2, 0) is 6.42 Å². The van der Waals surface area contributed by atoms with Crippen molar-refractivity contribution < 1.29 is 4.74 Å². The molecule has 2 aromatic carbocycles. The first-order chi connectivity index (χ1) is 10.1. The smallest absolute Gasteiger partial charge is 0.175 e. The van der Waals surface area contributed by atoms with Gasteiger partial charge in [0.1, 0.15) is 5.75 Å². The number of nitrogens with one attached hydrogen (secondary N) is 2. The SMILES string of the molecule is CCc1cc(Br)ccc1NC(=S)Nc1ccc(OC)cc1. The lowest BCUT2D eigenvalue weighted by Gasteiger charge is -2.14. The maximum Gasteiger partial charge on any atom is 0.175 e. The van der Waals surface area contributed by atoms with E-state index in [2.05, 4.69) is 39.6 Å². The van der Waals surface area contributed by atoms with Crippen molar-refractivity contribution in [2.75, 3.05) is 17.7 Å². The Bertz CT molecular complexity index is 629. The first-order valence-electron chi connectivity index (χ1n) is 6.63. The van der Waals surface area contributed by atoms with E-state index in [1.165, 1.54) is 5.56 Å². The van der Waals surface area contributed by atoms with Crippen molar-refractivity contribution in [2.24, 2.45) is 0 Å². The Labute approximate surface area is 138 Å². The van der Waals surface area contributed by atoms with E-state index in [0.717, 1.165) is 28.0 Å². The van der Waals surface area contributed by atoms with Crippen molar-refractivity contribution in [1.29, 1.82) is 0 Å². The first-order valence-corrected chi connectivity index (χ1v) is 7.83. The van der Waals surface area contributed by atoms with Crippen LogP contribution in [0.25, 0.3) is 0 Å². The summed E-state index contributed by atoms with van der Waals surface area (Å²) in [5.41, 5.74) is 3.15. The Kier molecular flexibility index (Phi) is 5.59. The van der Waals surface area contributed by atoms with Crippen LogP contribution in [0.1, 0.15) is 12.5 Å². The number of anilines is 2. The van der Waals surface area contributed by atoms with E-state index in [9.17, 15) is 0 Å². The number of aryl methyl sites for hydroxylation is 1. The highest BCUT2D eigenvalue weighted by Crippen LogP contribution is 2.22. The molecule has 0 amide bonds. The zero-order chi connectivity index (χ0) is 15.2. The van der Waals surface area contributed by atoms with Gasteiger partial charge in [0.05, 0.1) is 7.11 Å². The first kappa shape index (κ1) is 15.8. The third-order valence-electron chi connectivity index (χ3n) is 3.04. The molecular weight excluding hydrogens is 348 g/mol. The lowest BCUT2D eigenvalue weighted by Crippen LogP contribution is -2.19. The summed E-state index contributed by atoms with van der Waals surface area (Å²) in [5.74, 6) is 0.820. The standard InChI is InChI=1S/C16H17BrN2OS/c1-3-11-10-12(17)4-9-15(11)19-16(21)18-13-5-7-14(20-2)8-6-13/h4-10H,3H2,1-2H3,(H2,18,19,21). The van der Waals surface area contributed by atoms with Crippen molar-refractivity contribution in [3.63, 3.8) is 0 Å². The molecule has 0 fully saturated rings. The Balaban J connectivity index is 2.04. The zero-order valence-electron chi connectivity index (χ0n) is 11.9. The van der Waals surface area contributed by atoms with E-state index in [-0.39, 0.29) is 0 Å². The molecule has 0 bridgehead atoms. The molecule has 0 radical (unpaired) electrons. The van der Waals surface area contributed by atoms with Gasteiger partial charge in [-0.3, -0.25) is 0 Å². The van der Waals surface area contributed by atoms with Crippen molar-refractivity contribution in [3.8, 4) is 5.75 Å². The zero-order valence-corrected chi connectivity index (χ0v) is 14.3. The molecule has 0 saturated carbocycles. The molecule has 5 heteroatoms. The number of ether oxygens (including phenoxy) is 1. The number of benzene rings is 2. The summed E-state index contributed by atoms with van der Waals surface area (Å²) in [6.45, 7) is 2.12. The average molecular weight is 365 g/mol. The summed E-state index contributed by atoms with van der Waals surface area (Å²) in [6.07, 6.45) is 0.937. The number of hydrogen-bond acceptors (Lipinski definition) is 2. The molecule has 2 rings (SSSR count). The highest BCUT2D eigenvalue weighted by atomic mass is 79.9. The summed E-state index contributed by atoms with van der Waals surface area (Å²) >= 11 is 8.84. The quantitative estimate of drug-likeness (QED) is 0.761. The van der Waals surface area contributed by atoms with Crippen LogP contribution in [0, 0.1) is 0 Å². The molecule has 21 heavy (non-hydrogen) atoms. The molecule has 0 spiro atoms. The summed E-state index contributed by atoms with van der Waals surface area (Å²) < 4.78 is 6.20. The normalized spacial score (nSPS) is 10.0. The summed E-state index contributed by atoms with van der Waals surface area (Å²) in [4.78, 5) is 0. The highest BCUT2D eigenvalue weighted by Gasteiger charge is 2.04. The predicted molar refractivity (Wildman–Crippen MR) is 96.4 cm³/mol. The monoisotopic (exact) mass is 364 g/mol. The van der Waals surface area contributed by atoms with Gasteiger partial charge in [0.2, 0.25) is 0 Å². The van der Waals surface area contributed by atoms with E-state index >= 15 is 0 Å². The van der Waals surface area contributed by atoms with Gasteiger partial charge < -0.3 is 15.4 Å². The highest BCUT2D eigenvalue weighted by molar-refractivity contribution is 9.10. The second-order valence-corrected chi connectivity index (χ2v) is 5.79. The molecule has 2 aromatic rings. The lowest BCUT2D eigenvalue weighted by atomic mass is 10.1. The van der Waals surface area contributed by atoms with Crippen LogP contribution in [0.5, 0.6) is 5.75 Å². The van der Waals surface area contributed by atoms with Crippen molar-refractivity contribution >= 4 is 44.6 Å². The molecule has 0 aliphatic carbocycles. The number of halogens is 1. The van der Waals surface area contributed by atoms with Crippen molar-refractivity contribution in [2.45, 2.75) is 13.3 Å². The van der Waals surface area contributed by atoms with E-state index in [4.69, 9.17) is 17.0 Å². The summed E-state index contributed by atoms with van der Waals surface area (Å²) in [6, 6.07) is 13.7. The number of hydrogen-bond donors (Lipinski definition) is 2. The van der Waals surface area contributed by atoms with Crippen molar-refractivity contribution in [3.05, 3.63) is 52.5 Å². The van der Waals surface area contributed by atoms with Crippen LogP contribution in [0.4, 0.5) is 11.4 Å². The molecule has 0 unspecified atom stereocenters. The molecule has 0 aliphatic rings. The molecule has 0 heterocycles. The van der Waals surface area contributed by atoms with Gasteiger partial charge in [-0.25, -0.2) is 0 Å². The maximum absolute atomic E-state index is 5.35. The molecule has 2 N–H and O–H groups in total. The largest absolute Gasteiger partial charge is 0.497 e. The van der Waals surface area contributed by atoms with E-state index in [1.54, 1.807) is 7.11 Å². The fourth-order valence-electron chi connectivity index (χ4n) is 1.94. The summed E-state index contributed by atoms with van der Waals surface area (Å²) in [7, 11) is 1.65. The minimum Gasteiger partial charge on any atom is -0.497 e. The Morgan fingerprint density at radius 3 is 2.48 bits per heavy atom. The Morgan fingerprint density at radius 2 is 1.86 bits per heavy atom. The maximum atomic E-state index is 5.35. The Hall–Kier alpha value is -1.59. The molecule has 0 aromatic heterocycles. The predicted octanol–water partition coefficient (Wildman–Crippen LogP) is 4.83. The van der Waals surface area contributed by atoms with Crippen LogP contribution in [0.15, 0.2) is 46.9 Å². The van der Waals surface area contributed by atoms with Gasteiger partial charge in [0.15, 0.2) is 5.11 Å². The molecule has 0 saturated heterocycles. The van der Waals surface area contributed by atoms with Gasteiger partial charge in [-0.2, -0.15) is 0 Å². The number of methoxy groups -OCH3 is 1. The van der Waals surface area contributed by atoms with Gasteiger partial charge >= 0.3 is 0 Å². The molecule has 3 nitrogen and oxygen atoms in total. The molecule has 0 atom stereocenters. The van der Waals surface area contributed by atoms with Gasteiger partial charge in [-0.1, -0.05) is 22.9 Å². The molecule has 110 valence electrons. The third-order valence-corrected chi connectivity index (χ3v) is 3.74. The molecular formula is C16H17BrN2OS. The lowest BCUT2D eigenvalue weighted by molar-refractivity contribution is 0.415. The second-order valence-electron chi connectivity index (χ2n) is 4.46. The average Bonchev–Trinajstić information content (AvgIpc) is 2.49.